The first-order valence-corrected chi connectivity index (χ1v) is 13.7. The van der Waals surface area contributed by atoms with Gasteiger partial charge in [0, 0.05) is 23.9 Å². The van der Waals surface area contributed by atoms with Crippen LogP contribution in [0.4, 0.5) is 22.0 Å². The Balaban J connectivity index is 1.60. The fourth-order valence-corrected chi connectivity index (χ4v) is 5.35. The number of aliphatic hydroxyl groups is 1. The number of carbonyl (C=O) groups is 2. The number of likely N-dealkylation sites (tertiary alicyclic amines) is 1. The van der Waals surface area contributed by atoms with E-state index < -0.39 is 69.3 Å². The second kappa shape index (κ2) is 10.3. The summed E-state index contributed by atoms with van der Waals surface area (Å²) in [7, 11) is -3.67. The van der Waals surface area contributed by atoms with Gasteiger partial charge in [0.15, 0.2) is 9.84 Å². The predicted octanol–water partition coefficient (Wildman–Crippen LogP) is 3.75. The number of sulfone groups is 1. The smallest absolute Gasteiger partial charge is 0.392 e. The number of aliphatic hydroxyl groups excluding tert-OH is 1. The van der Waals surface area contributed by atoms with Crippen molar-refractivity contribution in [2.45, 2.75) is 55.4 Å². The van der Waals surface area contributed by atoms with Crippen molar-refractivity contribution in [3.63, 3.8) is 0 Å². The van der Waals surface area contributed by atoms with E-state index in [4.69, 9.17) is 0 Å². The Morgan fingerprint density at radius 1 is 1.11 bits per heavy atom. The van der Waals surface area contributed by atoms with Gasteiger partial charge in [-0.3, -0.25) is 9.59 Å². The molecule has 13 heteroatoms. The lowest BCUT2D eigenvalue weighted by Gasteiger charge is -2.28. The topological polar surface area (TPSA) is 104 Å². The van der Waals surface area contributed by atoms with Crippen LogP contribution in [-0.4, -0.2) is 49.1 Å². The zero-order valence-corrected chi connectivity index (χ0v) is 21.0. The molecule has 2 aliphatic rings. The normalized spacial score (nSPS) is 18.9. The van der Waals surface area contributed by atoms with Crippen LogP contribution >= 0.6 is 0 Å². The lowest BCUT2D eigenvalue weighted by atomic mass is 9.98. The quantitative estimate of drug-likeness (QED) is 0.502. The van der Waals surface area contributed by atoms with Gasteiger partial charge in [0.1, 0.15) is 17.7 Å². The van der Waals surface area contributed by atoms with Crippen LogP contribution in [0.1, 0.15) is 58.8 Å². The first-order valence-electron chi connectivity index (χ1n) is 11.8. The summed E-state index contributed by atoms with van der Waals surface area (Å²) in [4.78, 5) is 27.7. The maximum Gasteiger partial charge on any atom is 0.419 e. The first kappa shape index (κ1) is 28.0. The molecule has 7 nitrogen and oxygen atoms in total. The Hall–Kier alpha value is -3.06. The molecule has 38 heavy (non-hydrogen) atoms. The number of hydrogen-bond acceptors (Lipinski definition) is 5. The molecule has 2 atom stereocenters. The Morgan fingerprint density at radius 3 is 2.37 bits per heavy atom. The summed E-state index contributed by atoms with van der Waals surface area (Å²) >= 11 is 0. The van der Waals surface area contributed by atoms with Gasteiger partial charge in [0.25, 0.3) is 5.91 Å². The van der Waals surface area contributed by atoms with Crippen molar-refractivity contribution in [1.82, 2.24) is 10.2 Å². The zero-order valence-electron chi connectivity index (χ0n) is 20.2. The summed E-state index contributed by atoms with van der Waals surface area (Å²) < 4.78 is 91.9. The van der Waals surface area contributed by atoms with Crippen molar-refractivity contribution in [1.29, 1.82) is 0 Å². The summed E-state index contributed by atoms with van der Waals surface area (Å²) in [6.07, 6.45) is -2.41. The van der Waals surface area contributed by atoms with Crippen LogP contribution in [0.2, 0.25) is 0 Å². The van der Waals surface area contributed by atoms with Gasteiger partial charge in [-0.05, 0) is 61.4 Å². The predicted molar refractivity (Wildman–Crippen MR) is 125 cm³/mol. The van der Waals surface area contributed by atoms with Crippen molar-refractivity contribution in [3.05, 3.63) is 64.2 Å². The van der Waals surface area contributed by atoms with Gasteiger partial charge >= 0.3 is 6.18 Å². The van der Waals surface area contributed by atoms with E-state index in [9.17, 15) is 45.1 Å². The van der Waals surface area contributed by atoms with Crippen LogP contribution in [0.25, 0.3) is 0 Å². The van der Waals surface area contributed by atoms with Crippen LogP contribution in [0, 0.1) is 17.6 Å². The molecule has 1 unspecified atom stereocenters. The first-order chi connectivity index (χ1) is 17.7. The van der Waals surface area contributed by atoms with Crippen molar-refractivity contribution < 1.29 is 45.1 Å². The summed E-state index contributed by atoms with van der Waals surface area (Å²) in [5.41, 5.74) is -2.09. The average molecular weight is 561 g/mol. The van der Waals surface area contributed by atoms with E-state index in [-0.39, 0.29) is 41.0 Å². The molecule has 2 amide bonds. The number of amides is 2. The number of carbonyl (C=O) groups excluding carboxylic acids is 2. The largest absolute Gasteiger partial charge is 0.419 e. The second-order valence-electron chi connectivity index (χ2n) is 9.58. The number of rotatable bonds is 7. The van der Waals surface area contributed by atoms with Crippen molar-refractivity contribution >= 4 is 21.7 Å². The molecule has 2 aromatic carbocycles. The minimum absolute atomic E-state index is 0.0722. The van der Waals surface area contributed by atoms with E-state index >= 15 is 0 Å². The van der Waals surface area contributed by atoms with E-state index in [1.807, 2.05) is 0 Å². The molecule has 0 radical (unpaired) electrons. The molecule has 206 valence electrons. The fourth-order valence-electron chi connectivity index (χ4n) is 4.71. The highest BCUT2D eigenvalue weighted by molar-refractivity contribution is 7.90. The Bertz CT molecular complexity index is 1370. The number of hydrogen-bond donors (Lipinski definition) is 2. The monoisotopic (exact) mass is 560 g/mol. The van der Waals surface area contributed by atoms with Crippen molar-refractivity contribution in [3.8, 4) is 0 Å². The highest BCUT2D eigenvalue weighted by atomic mass is 32.2. The number of benzene rings is 2. The Kier molecular flexibility index (Phi) is 7.54. The lowest BCUT2D eigenvalue weighted by Crippen LogP contribution is -2.47. The third kappa shape index (κ3) is 5.68. The van der Waals surface area contributed by atoms with Crippen molar-refractivity contribution in [2.24, 2.45) is 5.92 Å². The summed E-state index contributed by atoms with van der Waals surface area (Å²) in [5, 5.41) is 12.3. The highest BCUT2D eigenvalue weighted by Crippen LogP contribution is 2.43. The van der Waals surface area contributed by atoms with Gasteiger partial charge in [-0.25, -0.2) is 17.2 Å². The van der Waals surface area contributed by atoms with Crippen LogP contribution in [-0.2, 0) is 27.4 Å². The summed E-state index contributed by atoms with van der Waals surface area (Å²) in [6.45, 7) is -0.416. The molecule has 1 saturated carbocycles. The number of nitrogens with one attached hydrogen (secondary N) is 1. The standard InChI is InChI=1S/C25H25F5N2O5S/c1-38(36,37)15-7-6-14(12-33)16(9-15)24(35)32-8-2-3-21(32)23(34)31-22(13-4-5-13)17-10-20(27)18(11-19(17)26)25(28,29)30/h6-7,9-11,13,21-22,33H,2-5,8,12H2,1H3,(H,31,34)/t21-,22?/m1/s1. The van der Waals surface area contributed by atoms with Crippen LogP contribution < -0.4 is 5.32 Å². The van der Waals surface area contributed by atoms with E-state index in [2.05, 4.69) is 5.32 Å². The van der Waals surface area contributed by atoms with Gasteiger partial charge in [-0.1, -0.05) is 6.07 Å². The summed E-state index contributed by atoms with van der Waals surface area (Å²) in [5.74, 6) is -4.67. The van der Waals surface area contributed by atoms with Gasteiger partial charge in [0.2, 0.25) is 5.91 Å². The van der Waals surface area contributed by atoms with E-state index in [1.54, 1.807) is 0 Å². The molecule has 1 saturated heterocycles. The summed E-state index contributed by atoms with van der Waals surface area (Å²) in [6, 6.07) is 2.07. The molecule has 0 spiro atoms. The second-order valence-corrected chi connectivity index (χ2v) is 11.6. The third-order valence-corrected chi connectivity index (χ3v) is 7.95. The SMILES string of the molecule is CS(=O)(=O)c1ccc(CO)c(C(=O)N2CCC[C@@H]2C(=O)NC(c2cc(F)c(C(F)(F)F)cc2F)C2CC2)c1. The van der Waals surface area contributed by atoms with Gasteiger partial charge < -0.3 is 15.3 Å². The molecule has 4 rings (SSSR count). The maximum atomic E-state index is 14.7. The van der Waals surface area contributed by atoms with Crippen molar-refractivity contribution in [2.75, 3.05) is 12.8 Å². The van der Waals surface area contributed by atoms with E-state index in [0.717, 1.165) is 12.3 Å². The lowest BCUT2D eigenvalue weighted by molar-refractivity contribution is -0.140. The number of alkyl halides is 3. The molecule has 0 aromatic heterocycles. The van der Waals surface area contributed by atoms with Crippen LogP contribution in [0.15, 0.2) is 35.2 Å². The van der Waals surface area contributed by atoms with E-state index in [1.165, 1.54) is 17.0 Å². The van der Waals surface area contributed by atoms with Crippen LogP contribution in [0.3, 0.4) is 0 Å². The van der Waals surface area contributed by atoms with Gasteiger partial charge in [-0.15, -0.1) is 0 Å². The van der Waals surface area contributed by atoms with E-state index in [0.29, 0.717) is 25.3 Å². The minimum Gasteiger partial charge on any atom is -0.392 e. The molecule has 1 heterocycles. The molecule has 1 aliphatic heterocycles. The minimum atomic E-state index is -5.09. The molecular formula is C25H25F5N2O5S. The third-order valence-electron chi connectivity index (χ3n) is 6.84. The average Bonchev–Trinajstić information content (AvgIpc) is 3.56. The fraction of sp³-hybridized carbons (Fsp3) is 0.440. The maximum absolute atomic E-state index is 14.7. The van der Waals surface area contributed by atoms with Gasteiger partial charge in [-0.2, -0.15) is 13.2 Å². The zero-order chi connectivity index (χ0) is 28.0. The molecule has 2 aromatic rings. The molecule has 1 aliphatic carbocycles. The molecule has 2 fully saturated rings. The molecule has 2 N–H and O–H groups in total. The molecular weight excluding hydrogens is 535 g/mol. The Labute approximate surface area is 215 Å². The molecule has 0 bridgehead atoms. The van der Waals surface area contributed by atoms with Gasteiger partial charge in [0.05, 0.1) is 23.1 Å². The van der Waals surface area contributed by atoms with Crippen LogP contribution in [0.5, 0.6) is 0 Å². The number of nitrogens with zero attached hydrogens (tertiary/aromatic N) is 1. The number of halogens is 5. The highest BCUT2D eigenvalue weighted by Gasteiger charge is 2.42. The Morgan fingerprint density at radius 2 is 1.79 bits per heavy atom.